The predicted octanol–water partition coefficient (Wildman–Crippen LogP) is -2.27. The zero-order valence-corrected chi connectivity index (χ0v) is 75.0. The van der Waals surface area contributed by atoms with Crippen molar-refractivity contribution in [3.8, 4) is 0 Å². The molecule has 40 heteroatoms. The van der Waals surface area contributed by atoms with E-state index >= 15 is 19.2 Å². The van der Waals surface area contributed by atoms with Crippen LogP contribution in [0.5, 0.6) is 0 Å². The Morgan fingerprint density at radius 1 is 0.386 bits per heavy atom. The van der Waals surface area contributed by atoms with Crippen molar-refractivity contribution in [3.63, 3.8) is 0 Å². The number of unbranched alkanes of at least 4 members (excludes halogenated alkanes) is 5. The van der Waals surface area contributed by atoms with Gasteiger partial charge >= 0.3 is 0 Å². The first-order chi connectivity index (χ1) is 60.5. The molecule has 0 spiro atoms. The summed E-state index contributed by atoms with van der Waals surface area (Å²) in [5.74, 6) is -14.6. The molecular weight excluding hydrogens is 1640 g/mol. The second-order valence-electron chi connectivity index (χ2n) is 33.7. The molecule has 0 saturated carbocycles. The van der Waals surface area contributed by atoms with E-state index in [0.29, 0.717) is 105 Å². The minimum atomic E-state index is -1.62. The molecule has 2 aromatic heterocycles. The average Bonchev–Trinajstić information content (AvgIpc) is 1.80. The molecule has 0 aliphatic carbocycles. The Bertz CT molecular complexity index is 4110. The number of benzene rings is 2. The lowest BCUT2D eigenvalue weighted by atomic mass is 9.95. The molecule has 4 rings (SSSR count). The fourth-order valence-electron chi connectivity index (χ4n) is 14.2. The topological polar surface area (TPSA) is 685 Å². The highest BCUT2D eigenvalue weighted by Crippen LogP contribution is 2.22. The van der Waals surface area contributed by atoms with E-state index in [2.05, 4.69) is 84.1 Å². The summed E-state index contributed by atoms with van der Waals surface area (Å²) in [5.41, 5.74) is 48.5. The maximum atomic E-state index is 15.3. The number of aromatic amines is 2. The molecule has 0 radical (unpaired) electrons. The molecule has 2 aromatic carbocycles. The molecule has 0 saturated heterocycles. The van der Waals surface area contributed by atoms with Gasteiger partial charge in [0.05, 0.1) is 19.0 Å². The van der Waals surface area contributed by atoms with E-state index in [1.807, 2.05) is 6.07 Å². The molecule has 0 aliphatic heterocycles. The van der Waals surface area contributed by atoms with Crippen molar-refractivity contribution in [2.45, 2.75) is 288 Å². The molecule has 0 fully saturated rings. The molecule has 0 aliphatic rings. The summed E-state index contributed by atoms with van der Waals surface area (Å²) in [5, 5.41) is 46.3. The quantitative estimate of drug-likeness (QED) is 0.0207. The molecule has 32 N–H and O–H groups in total. The number of nitrogens with one attached hydrogen (secondary N) is 15. The highest BCUT2D eigenvalue weighted by molar-refractivity contribution is 6.01. The van der Waals surface area contributed by atoms with Crippen LogP contribution in [0, 0.1) is 23.7 Å². The molecule has 0 bridgehead atoms. The van der Waals surface area contributed by atoms with Crippen LogP contribution in [0.1, 0.15) is 201 Å². The van der Waals surface area contributed by atoms with E-state index in [1.54, 1.807) is 110 Å². The number of aliphatic hydroxyl groups is 1. The Balaban J connectivity index is 1.68. The number of rotatable bonds is 64. The number of para-hydroxylation sites is 1. The Morgan fingerprint density at radius 2 is 0.756 bits per heavy atom. The number of carbonyl (C=O) groups is 15. The number of carbonyl (C=O) groups excluding carboxylic acids is 15. The van der Waals surface area contributed by atoms with E-state index in [-0.39, 0.29) is 102 Å². The molecule has 40 nitrogen and oxygen atoms in total. The SMILES string of the molecule is CC[C@H](C)[C@H](NC(=O)[C@H](CC(C)C)NC(=O)[C@H](Cc1c[nH]c2ccccc12)NC(=O)[C@H](CCCCN)NC(=O)[C@@H](NC(=O)[C@H](CCCCN)NC(=O)[C@H](CO)NC(=O)[C@@H](N)CCCCN)C(C)C)C(=O)N[C@@H](CCC(N)=O)C(=O)N[C@@H](CC(C)C)C(=O)N[C@@H](Cc1ccccc1)C(=O)N[C@@H](Cc1cnc[nH]1)C(=O)N[C@@H](CCCCN)C(=O)N[C@@H](CCCCN)C(N)=O. The molecular formula is C87H144N24O16. The van der Waals surface area contributed by atoms with Gasteiger partial charge in [0.15, 0.2) is 0 Å². The van der Waals surface area contributed by atoms with Gasteiger partial charge in [0.1, 0.15) is 78.5 Å². The Labute approximate surface area is 743 Å². The summed E-state index contributed by atoms with van der Waals surface area (Å²) in [6.45, 7) is 14.4. The number of hydrogen-bond acceptors (Lipinski definition) is 23. The molecule has 2 heterocycles. The number of aromatic nitrogens is 3. The molecule has 0 unspecified atom stereocenters. The third-order valence-electron chi connectivity index (χ3n) is 21.8. The van der Waals surface area contributed by atoms with Crippen molar-refractivity contribution < 1.29 is 77.0 Å². The van der Waals surface area contributed by atoms with Gasteiger partial charge in [-0.3, -0.25) is 71.9 Å². The highest BCUT2D eigenvalue weighted by atomic mass is 16.3. The van der Waals surface area contributed by atoms with Gasteiger partial charge < -0.3 is 130 Å². The second-order valence-corrected chi connectivity index (χ2v) is 33.7. The lowest BCUT2D eigenvalue weighted by molar-refractivity contribution is -0.137. The standard InChI is InChI=1S/C87H144N24O16/c1-9-53(8)73(87(127)103-64(34-35-71(94)113)78(118)104-65(41-50(2)3)80(120)106-67(43-54-25-11-10-12-26-54)81(121)108-69(45-56-47-96-49-98-56)83(123)100-61(31-17-22-38-90)76(116)99-60(74(95)114)30-16-21-37-89)111-84(124)66(42-51(4)5)105-82(122)68(44-55-46-97-59-29-14-13-27-57(55)59)107-77(117)62(32-18-23-39-91)102-86(126)72(52(6)7)110-79(119)63(33-19-24-40-92)101-85(125)70(48-112)109-75(115)58(93)28-15-20-36-88/h10-14,25-27,29,46-47,49-53,58,60-70,72-73,97,112H,9,15-24,28,30-45,48,88-93H2,1-8H3,(H2,94,113)(H2,95,114)(H,96,98)(H,99,116)(H,100,123)(H,101,125)(H,102,126)(H,103,127)(H,104,118)(H,105,122)(H,106,120)(H,107,117)(H,108,121)(H,109,115)(H,110,119)(H,111,124)/t53-,58-,60-,61-,62-,63-,64-,65-,66-,67-,68-,69-,70-,72-,73-/m0/s1. The fraction of sp³-hybridized carbons (Fsp3) is 0.632. The number of primary amides is 2. The number of hydrogen-bond donors (Lipinski definition) is 24. The molecule has 4 aromatic rings. The van der Waals surface area contributed by atoms with Gasteiger partial charge in [-0.2, -0.15) is 0 Å². The van der Waals surface area contributed by atoms with Crippen LogP contribution in [0.15, 0.2) is 73.3 Å². The van der Waals surface area contributed by atoms with Crippen molar-refractivity contribution >= 4 is 99.5 Å². The number of fused-ring (bicyclic) bond motifs is 1. The monoisotopic (exact) mass is 1780 g/mol. The van der Waals surface area contributed by atoms with Gasteiger partial charge in [0.2, 0.25) is 88.6 Å². The summed E-state index contributed by atoms with van der Waals surface area (Å²) in [6.07, 6.45) is 8.23. The van der Waals surface area contributed by atoms with Crippen LogP contribution in [-0.2, 0) is 91.2 Å². The van der Waals surface area contributed by atoms with Crippen LogP contribution in [0.3, 0.4) is 0 Å². The molecule has 15 atom stereocenters. The minimum absolute atomic E-state index is 0.0194. The van der Waals surface area contributed by atoms with E-state index in [4.69, 9.17) is 45.9 Å². The Kier molecular flexibility index (Phi) is 49.8. The van der Waals surface area contributed by atoms with Crippen LogP contribution in [0.2, 0.25) is 0 Å². The second kappa shape index (κ2) is 58.3. The normalized spacial score (nSPS) is 15.0. The fourth-order valence-corrected chi connectivity index (χ4v) is 14.2. The first kappa shape index (κ1) is 108. The predicted molar refractivity (Wildman–Crippen MR) is 480 cm³/mol. The van der Waals surface area contributed by atoms with Gasteiger partial charge in [-0.15, -0.1) is 0 Å². The van der Waals surface area contributed by atoms with E-state index in [1.165, 1.54) is 12.5 Å². The van der Waals surface area contributed by atoms with Crippen molar-refractivity contribution in [3.05, 3.63) is 90.1 Å². The number of imidazole rings is 1. The van der Waals surface area contributed by atoms with Gasteiger partial charge in [0, 0.05) is 54.7 Å². The van der Waals surface area contributed by atoms with Crippen molar-refractivity contribution in [2.24, 2.45) is 69.5 Å². The van der Waals surface area contributed by atoms with Gasteiger partial charge in [0.25, 0.3) is 0 Å². The largest absolute Gasteiger partial charge is 0.394 e. The average molecular weight is 1780 g/mol. The summed E-state index contributed by atoms with van der Waals surface area (Å²) in [6, 6.07) is -3.46. The summed E-state index contributed by atoms with van der Waals surface area (Å²) < 4.78 is 0. The van der Waals surface area contributed by atoms with E-state index in [0.717, 1.165) is 0 Å². The maximum absolute atomic E-state index is 15.3. The maximum Gasteiger partial charge on any atom is 0.245 e. The first-order valence-electron chi connectivity index (χ1n) is 44.5. The molecule has 15 amide bonds. The first-order valence-corrected chi connectivity index (χ1v) is 44.5. The number of nitrogens with two attached hydrogens (primary N) is 8. The summed E-state index contributed by atoms with van der Waals surface area (Å²) in [7, 11) is 0. The summed E-state index contributed by atoms with van der Waals surface area (Å²) in [4.78, 5) is 225. The van der Waals surface area contributed by atoms with Crippen LogP contribution in [0.4, 0.5) is 0 Å². The van der Waals surface area contributed by atoms with Crippen molar-refractivity contribution in [2.75, 3.05) is 39.3 Å². The third kappa shape index (κ3) is 39.0. The Morgan fingerprint density at radius 3 is 1.20 bits per heavy atom. The number of H-pyrrole nitrogens is 2. The van der Waals surface area contributed by atoms with E-state index in [9.17, 15) is 57.8 Å². The lowest BCUT2D eigenvalue weighted by Gasteiger charge is -2.30. The third-order valence-corrected chi connectivity index (χ3v) is 21.8. The number of aliphatic hydroxyl groups excluding tert-OH is 1. The smallest absolute Gasteiger partial charge is 0.245 e. The molecule has 708 valence electrons. The lowest BCUT2D eigenvalue weighted by Crippen LogP contribution is -2.62. The van der Waals surface area contributed by atoms with Gasteiger partial charge in [-0.1, -0.05) is 117 Å². The van der Waals surface area contributed by atoms with E-state index < -0.39 is 204 Å². The Hall–Kier alpha value is -11.0. The number of amides is 15. The van der Waals surface area contributed by atoms with Crippen LogP contribution in [-0.4, -0.2) is 233 Å². The zero-order valence-electron chi connectivity index (χ0n) is 75.0. The van der Waals surface area contributed by atoms with Gasteiger partial charge in [-0.25, -0.2) is 4.98 Å². The van der Waals surface area contributed by atoms with Crippen molar-refractivity contribution in [1.82, 2.24) is 84.1 Å². The molecule has 127 heavy (non-hydrogen) atoms. The minimum Gasteiger partial charge on any atom is -0.394 e. The number of nitrogens with zero attached hydrogens (tertiary/aromatic N) is 1. The van der Waals surface area contributed by atoms with Crippen LogP contribution >= 0.6 is 0 Å². The zero-order chi connectivity index (χ0) is 94.2. The summed E-state index contributed by atoms with van der Waals surface area (Å²) >= 11 is 0. The van der Waals surface area contributed by atoms with Crippen LogP contribution < -0.4 is 115 Å². The van der Waals surface area contributed by atoms with Gasteiger partial charge in [-0.05, 0) is 183 Å². The van der Waals surface area contributed by atoms with Crippen LogP contribution in [0.25, 0.3) is 10.9 Å². The van der Waals surface area contributed by atoms with Crippen molar-refractivity contribution in [1.29, 1.82) is 0 Å². The highest BCUT2D eigenvalue weighted by Gasteiger charge is 2.40.